The fourth-order valence-electron chi connectivity index (χ4n) is 2.10. The number of carbonyl (C=O) groups is 1. The normalized spacial score (nSPS) is 16.8. The first-order chi connectivity index (χ1) is 10.2. The van der Waals surface area contributed by atoms with E-state index >= 15 is 0 Å². The SMILES string of the molecule is O=C1/C(=C/c2ccccc2)SC(=S)N1Cc1ccccc1. The molecule has 0 radical (unpaired) electrons. The van der Waals surface area contributed by atoms with Crippen LogP contribution in [0.25, 0.3) is 6.08 Å². The molecule has 104 valence electrons. The number of thiocarbonyl (C=S) groups is 1. The Labute approximate surface area is 133 Å². The number of hydrogen-bond donors (Lipinski definition) is 0. The van der Waals surface area contributed by atoms with E-state index in [1.165, 1.54) is 11.8 Å². The van der Waals surface area contributed by atoms with E-state index in [1.54, 1.807) is 4.90 Å². The van der Waals surface area contributed by atoms with Crippen molar-refractivity contribution in [3.8, 4) is 0 Å². The van der Waals surface area contributed by atoms with Gasteiger partial charge in [-0.25, -0.2) is 0 Å². The Morgan fingerprint density at radius 1 is 1.00 bits per heavy atom. The molecule has 0 saturated carbocycles. The summed E-state index contributed by atoms with van der Waals surface area (Å²) in [5, 5.41) is 0. The van der Waals surface area contributed by atoms with Crippen molar-refractivity contribution in [1.82, 2.24) is 4.90 Å². The van der Waals surface area contributed by atoms with E-state index in [-0.39, 0.29) is 5.91 Å². The third kappa shape index (κ3) is 3.23. The lowest BCUT2D eigenvalue weighted by Gasteiger charge is -2.14. The Kier molecular flexibility index (Phi) is 4.18. The van der Waals surface area contributed by atoms with Crippen molar-refractivity contribution in [3.05, 3.63) is 76.7 Å². The number of rotatable bonds is 3. The Bertz CT molecular complexity index is 695. The van der Waals surface area contributed by atoms with Crippen LogP contribution in [0.15, 0.2) is 65.6 Å². The maximum absolute atomic E-state index is 12.5. The molecule has 1 aliphatic heterocycles. The van der Waals surface area contributed by atoms with Gasteiger partial charge in [0.05, 0.1) is 11.4 Å². The van der Waals surface area contributed by atoms with E-state index in [1.807, 2.05) is 66.7 Å². The zero-order chi connectivity index (χ0) is 14.7. The minimum Gasteiger partial charge on any atom is -0.288 e. The standard InChI is InChI=1S/C17H13NOS2/c19-16-15(11-13-7-3-1-4-8-13)21-17(20)18(16)12-14-9-5-2-6-10-14/h1-11H,12H2/b15-11-. The van der Waals surface area contributed by atoms with E-state index < -0.39 is 0 Å². The molecule has 0 aromatic heterocycles. The van der Waals surface area contributed by atoms with Crippen LogP contribution in [-0.2, 0) is 11.3 Å². The molecule has 4 heteroatoms. The summed E-state index contributed by atoms with van der Waals surface area (Å²) in [4.78, 5) is 14.8. The zero-order valence-electron chi connectivity index (χ0n) is 11.2. The Balaban J connectivity index is 1.81. The van der Waals surface area contributed by atoms with Crippen LogP contribution < -0.4 is 0 Å². The molecular weight excluding hydrogens is 298 g/mol. The summed E-state index contributed by atoms with van der Waals surface area (Å²) in [6, 6.07) is 19.7. The maximum atomic E-state index is 12.5. The summed E-state index contributed by atoms with van der Waals surface area (Å²) < 4.78 is 0.617. The summed E-state index contributed by atoms with van der Waals surface area (Å²) in [5.74, 6) is -0.0160. The smallest absolute Gasteiger partial charge is 0.266 e. The molecule has 0 spiro atoms. The van der Waals surface area contributed by atoms with Gasteiger partial charge in [-0.3, -0.25) is 9.69 Å². The molecule has 21 heavy (non-hydrogen) atoms. The van der Waals surface area contributed by atoms with E-state index in [0.717, 1.165) is 11.1 Å². The summed E-state index contributed by atoms with van der Waals surface area (Å²) in [7, 11) is 0. The lowest BCUT2D eigenvalue weighted by Crippen LogP contribution is -2.27. The molecule has 1 heterocycles. The molecule has 0 unspecified atom stereocenters. The first-order valence-electron chi connectivity index (χ1n) is 6.58. The van der Waals surface area contributed by atoms with Gasteiger partial charge in [0, 0.05) is 0 Å². The third-order valence-corrected chi connectivity index (χ3v) is 4.53. The van der Waals surface area contributed by atoms with Crippen LogP contribution in [0.1, 0.15) is 11.1 Å². The lowest BCUT2D eigenvalue weighted by molar-refractivity contribution is -0.122. The largest absolute Gasteiger partial charge is 0.288 e. The number of amides is 1. The molecule has 1 aliphatic rings. The predicted octanol–water partition coefficient (Wildman–Crippen LogP) is 4.09. The molecule has 1 saturated heterocycles. The summed E-state index contributed by atoms with van der Waals surface area (Å²) in [6.07, 6.45) is 1.89. The van der Waals surface area contributed by atoms with Crippen LogP contribution in [-0.4, -0.2) is 15.1 Å². The molecule has 0 bridgehead atoms. The van der Waals surface area contributed by atoms with Gasteiger partial charge in [-0.1, -0.05) is 84.6 Å². The molecule has 0 N–H and O–H groups in total. The molecule has 1 amide bonds. The average Bonchev–Trinajstić information content (AvgIpc) is 2.77. The zero-order valence-corrected chi connectivity index (χ0v) is 12.9. The number of carbonyl (C=O) groups excluding carboxylic acids is 1. The van der Waals surface area contributed by atoms with Crippen LogP contribution in [0.4, 0.5) is 0 Å². The topological polar surface area (TPSA) is 20.3 Å². The molecule has 0 aliphatic carbocycles. The van der Waals surface area contributed by atoms with E-state index in [4.69, 9.17) is 12.2 Å². The monoisotopic (exact) mass is 311 g/mol. The van der Waals surface area contributed by atoms with Gasteiger partial charge in [-0.2, -0.15) is 0 Å². The van der Waals surface area contributed by atoms with Crippen molar-refractivity contribution in [3.63, 3.8) is 0 Å². The van der Waals surface area contributed by atoms with Crippen molar-refractivity contribution in [2.24, 2.45) is 0 Å². The van der Waals surface area contributed by atoms with Gasteiger partial charge in [-0.15, -0.1) is 0 Å². The molecular formula is C17H13NOS2. The molecule has 1 fully saturated rings. The van der Waals surface area contributed by atoms with Gasteiger partial charge >= 0.3 is 0 Å². The van der Waals surface area contributed by atoms with Gasteiger partial charge in [0.15, 0.2) is 0 Å². The highest BCUT2D eigenvalue weighted by atomic mass is 32.2. The second-order valence-corrected chi connectivity index (χ2v) is 6.34. The number of benzene rings is 2. The van der Waals surface area contributed by atoms with Crippen molar-refractivity contribution in [2.45, 2.75) is 6.54 Å². The van der Waals surface area contributed by atoms with Crippen LogP contribution >= 0.6 is 24.0 Å². The van der Waals surface area contributed by atoms with Gasteiger partial charge < -0.3 is 0 Å². The third-order valence-electron chi connectivity index (χ3n) is 3.15. The average molecular weight is 311 g/mol. The van der Waals surface area contributed by atoms with Crippen molar-refractivity contribution in [1.29, 1.82) is 0 Å². The quantitative estimate of drug-likeness (QED) is 0.629. The molecule has 0 atom stereocenters. The molecule has 2 aromatic rings. The van der Waals surface area contributed by atoms with Crippen LogP contribution in [0.2, 0.25) is 0 Å². The molecule has 2 nitrogen and oxygen atoms in total. The molecule has 3 rings (SSSR count). The highest BCUT2D eigenvalue weighted by Crippen LogP contribution is 2.33. The molecule has 2 aromatic carbocycles. The summed E-state index contributed by atoms with van der Waals surface area (Å²) >= 11 is 6.70. The van der Waals surface area contributed by atoms with Crippen molar-refractivity contribution < 1.29 is 4.79 Å². The van der Waals surface area contributed by atoms with Crippen molar-refractivity contribution in [2.75, 3.05) is 0 Å². The van der Waals surface area contributed by atoms with Crippen LogP contribution in [0.3, 0.4) is 0 Å². The van der Waals surface area contributed by atoms with Gasteiger partial charge in [0.25, 0.3) is 5.91 Å². The minimum atomic E-state index is -0.0160. The summed E-state index contributed by atoms with van der Waals surface area (Å²) in [6.45, 7) is 0.525. The van der Waals surface area contributed by atoms with E-state index in [2.05, 4.69) is 0 Å². The summed E-state index contributed by atoms with van der Waals surface area (Å²) in [5.41, 5.74) is 2.09. The Morgan fingerprint density at radius 2 is 1.62 bits per heavy atom. The first-order valence-corrected chi connectivity index (χ1v) is 7.81. The maximum Gasteiger partial charge on any atom is 0.266 e. The minimum absolute atomic E-state index is 0.0160. The Morgan fingerprint density at radius 3 is 2.29 bits per heavy atom. The Hall–Kier alpha value is -1.91. The highest BCUT2D eigenvalue weighted by Gasteiger charge is 2.31. The van der Waals surface area contributed by atoms with E-state index in [0.29, 0.717) is 15.8 Å². The van der Waals surface area contributed by atoms with E-state index in [9.17, 15) is 4.79 Å². The second kappa shape index (κ2) is 6.24. The fourth-order valence-corrected chi connectivity index (χ4v) is 3.36. The van der Waals surface area contributed by atoms with Crippen LogP contribution in [0, 0.1) is 0 Å². The van der Waals surface area contributed by atoms with Crippen LogP contribution in [0.5, 0.6) is 0 Å². The lowest BCUT2D eigenvalue weighted by atomic mass is 10.2. The number of nitrogens with zero attached hydrogens (tertiary/aromatic N) is 1. The van der Waals surface area contributed by atoms with Gasteiger partial charge in [-0.05, 0) is 17.2 Å². The van der Waals surface area contributed by atoms with Gasteiger partial charge in [0.2, 0.25) is 0 Å². The highest BCUT2D eigenvalue weighted by molar-refractivity contribution is 8.26. The number of hydrogen-bond acceptors (Lipinski definition) is 3. The fraction of sp³-hybridized carbons (Fsp3) is 0.0588. The predicted molar refractivity (Wildman–Crippen MR) is 91.6 cm³/mol. The second-order valence-electron chi connectivity index (χ2n) is 4.66. The number of thioether (sulfide) groups is 1. The van der Waals surface area contributed by atoms with Gasteiger partial charge in [0.1, 0.15) is 4.32 Å². The first kappa shape index (κ1) is 14.0. The van der Waals surface area contributed by atoms with Crippen molar-refractivity contribution >= 4 is 40.3 Å².